The lowest BCUT2D eigenvalue weighted by atomic mass is 9.95. The Hall–Kier alpha value is 0.917. The molecule has 11 heavy (non-hydrogen) atoms. The van der Waals surface area contributed by atoms with E-state index in [2.05, 4.69) is 49.7 Å². The van der Waals surface area contributed by atoms with Crippen LogP contribution >= 0.6 is 30.6 Å². The molecule has 0 aromatic rings. The maximum absolute atomic E-state index is 3.75. The normalized spacial score (nSPS) is 47.6. The Morgan fingerprint density at radius 3 is 2.55 bits per heavy atom. The van der Waals surface area contributed by atoms with Gasteiger partial charge in [-0.25, -0.2) is 0 Å². The molecule has 1 saturated carbocycles. The summed E-state index contributed by atoms with van der Waals surface area (Å²) in [5, 5.41) is 0.523. The molecule has 0 saturated heterocycles. The Labute approximate surface area is 85.2 Å². The molecule has 2 bridgehead atoms. The third-order valence-electron chi connectivity index (χ3n) is 3.15. The Morgan fingerprint density at radius 1 is 1.55 bits per heavy atom. The molecule has 2 aliphatic rings. The van der Waals surface area contributed by atoms with E-state index in [4.69, 9.17) is 0 Å². The van der Waals surface area contributed by atoms with Gasteiger partial charge in [0.25, 0.3) is 0 Å². The van der Waals surface area contributed by atoms with Crippen molar-refractivity contribution >= 4 is 36.6 Å². The smallest absolute Gasteiger partial charge is 0.112 e. The number of fused-ring (bicyclic) bond motifs is 2. The average Bonchev–Trinajstić information content (AvgIpc) is 2.43. The monoisotopic (exact) mass is 293 g/mol. The van der Waals surface area contributed by atoms with Crippen molar-refractivity contribution in [2.24, 2.45) is 11.8 Å². The van der Waals surface area contributed by atoms with E-state index in [9.17, 15) is 0 Å². The fourth-order valence-electron chi connectivity index (χ4n) is 2.40. The van der Waals surface area contributed by atoms with E-state index in [1.54, 1.807) is 0 Å². The van der Waals surface area contributed by atoms with Crippen molar-refractivity contribution in [2.75, 3.05) is 0 Å². The van der Waals surface area contributed by atoms with Gasteiger partial charge in [-0.15, -0.1) is 30.6 Å². The van der Waals surface area contributed by atoms with Gasteiger partial charge in [-0.05, 0) is 24.7 Å². The van der Waals surface area contributed by atoms with Gasteiger partial charge in [-0.1, -0.05) is 19.1 Å². The highest BCUT2D eigenvalue weighted by Gasteiger charge is 2.50. The molecule has 0 aliphatic heterocycles. The standard InChI is InChI=1S/C8H11Br2Si/c1-6-4-7-2-3-8(6,5-7)11(9)10/h2-3,6-7H,4-5H2,1H3. The van der Waals surface area contributed by atoms with Gasteiger partial charge in [0.2, 0.25) is 6.04 Å². The van der Waals surface area contributed by atoms with E-state index < -0.39 is 6.04 Å². The van der Waals surface area contributed by atoms with E-state index in [0.717, 1.165) is 11.8 Å². The van der Waals surface area contributed by atoms with Crippen LogP contribution in [0.5, 0.6) is 0 Å². The quantitative estimate of drug-likeness (QED) is 0.394. The van der Waals surface area contributed by atoms with Crippen LogP contribution in [-0.2, 0) is 0 Å². The molecule has 3 atom stereocenters. The average molecular weight is 295 g/mol. The van der Waals surface area contributed by atoms with Crippen LogP contribution in [0.4, 0.5) is 0 Å². The van der Waals surface area contributed by atoms with Gasteiger partial charge in [-0.2, -0.15) is 0 Å². The SMILES string of the molecule is CC1CC2C=CC1([Si](Br)Br)C2. The molecular formula is C8H11Br2Si. The van der Waals surface area contributed by atoms with Crippen LogP contribution in [0.15, 0.2) is 12.2 Å². The third kappa shape index (κ3) is 1.11. The predicted molar refractivity (Wildman–Crippen MR) is 57.3 cm³/mol. The molecule has 3 heteroatoms. The number of hydrogen-bond donors (Lipinski definition) is 0. The minimum atomic E-state index is -0.491. The molecule has 2 aliphatic carbocycles. The minimum absolute atomic E-state index is 0.491. The molecule has 2 rings (SSSR count). The van der Waals surface area contributed by atoms with Gasteiger partial charge in [0, 0.05) is 5.04 Å². The Balaban J connectivity index is 2.30. The zero-order valence-corrected chi connectivity index (χ0v) is 10.7. The van der Waals surface area contributed by atoms with Gasteiger partial charge in [-0.3, -0.25) is 0 Å². The van der Waals surface area contributed by atoms with Gasteiger partial charge in [0.1, 0.15) is 0 Å². The summed E-state index contributed by atoms with van der Waals surface area (Å²) >= 11 is 7.51. The summed E-state index contributed by atoms with van der Waals surface area (Å²) in [5.41, 5.74) is 0. The summed E-state index contributed by atoms with van der Waals surface area (Å²) < 4.78 is 0. The maximum atomic E-state index is 3.75. The number of rotatable bonds is 1. The molecule has 0 amide bonds. The van der Waals surface area contributed by atoms with E-state index >= 15 is 0 Å². The van der Waals surface area contributed by atoms with Crippen LogP contribution in [0.1, 0.15) is 19.8 Å². The second-order valence-corrected chi connectivity index (χ2v) is 13.2. The highest BCUT2D eigenvalue weighted by Crippen LogP contribution is 2.62. The largest absolute Gasteiger partial charge is 0.226 e. The summed E-state index contributed by atoms with van der Waals surface area (Å²) in [6.45, 7) is 2.39. The first-order chi connectivity index (χ1) is 5.15. The van der Waals surface area contributed by atoms with Crippen molar-refractivity contribution in [3.8, 4) is 0 Å². The van der Waals surface area contributed by atoms with Crippen LogP contribution in [0.2, 0.25) is 5.04 Å². The van der Waals surface area contributed by atoms with Crippen molar-refractivity contribution in [1.29, 1.82) is 0 Å². The molecule has 0 aromatic carbocycles. The first kappa shape index (κ1) is 8.51. The Kier molecular flexibility index (Phi) is 2.09. The molecule has 0 aromatic heterocycles. The topological polar surface area (TPSA) is 0 Å². The molecule has 61 valence electrons. The molecule has 0 N–H and O–H groups in total. The van der Waals surface area contributed by atoms with Crippen LogP contribution in [0, 0.1) is 11.8 Å². The zero-order chi connectivity index (χ0) is 8.06. The lowest BCUT2D eigenvalue weighted by Crippen LogP contribution is -2.23. The van der Waals surface area contributed by atoms with Crippen LogP contribution in [0.3, 0.4) is 0 Å². The molecule has 0 heterocycles. The fourth-order valence-corrected chi connectivity index (χ4v) is 7.63. The minimum Gasteiger partial charge on any atom is -0.112 e. The Morgan fingerprint density at radius 2 is 2.27 bits per heavy atom. The maximum Gasteiger partial charge on any atom is 0.226 e. The first-order valence-corrected chi connectivity index (χ1v) is 10.0. The number of allylic oxidation sites excluding steroid dienone is 2. The van der Waals surface area contributed by atoms with Crippen LogP contribution in [0.25, 0.3) is 0 Å². The molecule has 0 spiro atoms. The van der Waals surface area contributed by atoms with Crippen LogP contribution in [-0.4, -0.2) is 6.04 Å². The van der Waals surface area contributed by atoms with Gasteiger partial charge >= 0.3 is 0 Å². The van der Waals surface area contributed by atoms with Gasteiger partial charge < -0.3 is 0 Å². The summed E-state index contributed by atoms with van der Waals surface area (Å²) in [4.78, 5) is 0. The van der Waals surface area contributed by atoms with E-state index in [1.807, 2.05) is 0 Å². The van der Waals surface area contributed by atoms with E-state index in [-0.39, 0.29) is 0 Å². The molecular weight excluding hydrogens is 284 g/mol. The molecule has 1 radical (unpaired) electrons. The van der Waals surface area contributed by atoms with Crippen molar-refractivity contribution in [3.05, 3.63) is 12.2 Å². The first-order valence-electron chi connectivity index (χ1n) is 4.03. The van der Waals surface area contributed by atoms with E-state index in [1.165, 1.54) is 12.8 Å². The molecule has 3 unspecified atom stereocenters. The van der Waals surface area contributed by atoms with Crippen molar-refractivity contribution < 1.29 is 0 Å². The third-order valence-corrected chi connectivity index (χ3v) is 9.15. The zero-order valence-electron chi connectivity index (χ0n) is 6.48. The van der Waals surface area contributed by atoms with Gasteiger partial charge in [0.05, 0.1) is 0 Å². The summed E-state index contributed by atoms with van der Waals surface area (Å²) in [6, 6.07) is -0.491. The highest BCUT2D eigenvalue weighted by atomic mass is 79.9. The lowest BCUT2D eigenvalue weighted by molar-refractivity contribution is 0.508. The summed E-state index contributed by atoms with van der Waals surface area (Å²) in [6.07, 6.45) is 7.65. The second-order valence-electron chi connectivity index (χ2n) is 3.76. The van der Waals surface area contributed by atoms with Crippen molar-refractivity contribution in [3.63, 3.8) is 0 Å². The molecule has 1 fully saturated rings. The van der Waals surface area contributed by atoms with Gasteiger partial charge in [0.15, 0.2) is 0 Å². The van der Waals surface area contributed by atoms with E-state index in [0.29, 0.717) is 5.04 Å². The predicted octanol–water partition coefficient (Wildman–Crippen LogP) is 3.62. The summed E-state index contributed by atoms with van der Waals surface area (Å²) in [7, 11) is 0. The lowest BCUT2D eigenvalue weighted by Gasteiger charge is -2.29. The fraction of sp³-hybridized carbons (Fsp3) is 0.750. The van der Waals surface area contributed by atoms with Crippen molar-refractivity contribution in [1.82, 2.24) is 0 Å². The van der Waals surface area contributed by atoms with Crippen LogP contribution < -0.4 is 0 Å². The molecule has 0 nitrogen and oxygen atoms in total. The summed E-state index contributed by atoms with van der Waals surface area (Å²) in [5.74, 6) is 1.77. The Bertz CT molecular complexity index is 202. The number of hydrogen-bond acceptors (Lipinski definition) is 0. The number of halogens is 2. The highest BCUT2D eigenvalue weighted by molar-refractivity contribution is 9.49. The second kappa shape index (κ2) is 2.71. The van der Waals surface area contributed by atoms with Crippen molar-refractivity contribution in [2.45, 2.75) is 24.8 Å².